The maximum absolute atomic E-state index is 13.3. The second-order valence-electron chi connectivity index (χ2n) is 8.92. The van der Waals surface area contributed by atoms with E-state index in [-0.39, 0.29) is 11.8 Å². The summed E-state index contributed by atoms with van der Waals surface area (Å²) < 4.78 is 5.25. The van der Waals surface area contributed by atoms with E-state index >= 15 is 0 Å². The molecule has 5 nitrogen and oxygen atoms in total. The highest BCUT2D eigenvalue weighted by molar-refractivity contribution is 7.99. The van der Waals surface area contributed by atoms with Crippen molar-refractivity contribution in [2.24, 2.45) is 5.92 Å². The molecule has 0 aliphatic heterocycles. The van der Waals surface area contributed by atoms with Crippen molar-refractivity contribution in [3.63, 3.8) is 0 Å². The van der Waals surface area contributed by atoms with Crippen molar-refractivity contribution in [1.29, 1.82) is 0 Å². The Bertz CT molecular complexity index is 892. The van der Waals surface area contributed by atoms with Gasteiger partial charge < -0.3 is 15.0 Å². The minimum atomic E-state index is -0.500. The van der Waals surface area contributed by atoms with Gasteiger partial charge in [-0.15, -0.1) is 11.8 Å². The number of nitrogens with zero attached hydrogens (tertiary/aromatic N) is 1. The zero-order valence-electron chi connectivity index (χ0n) is 20.8. The molecule has 1 atom stereocenters. The predicted molar refractivity (Wildman–Crippen MR) is 138 cm³/mol. The van der Waals surface area contributed by atoms with E-state index in [2.05, 4.69) is 51.2 Å². The first-order valence-electron chi connectivity index (χ1n) is 11.6. The number of nitrogens with one attached hydrogen (secondary N) is 1. The van der Waals surface area contributed by atoms with Gasteiger partial charge in [-0.2, -0.15) is 0 Å². The van der Waals surface area contributed by atoms with E-state index in [0.29, 0.717) is 31.2 Å². The summed E-state index contributed by atoms with van der Waals surface area (Å²) in [6.45, 7) is 11.2. The van der Waals surface area contributed by atoms with Crippen molar-refractivity contribution in [2.75, 3.05) is 19.4 Å². The van der Waals surface area contributed by atoms with E-state index in [1.807, 2.05) is 31.2 Å². The number of aryl methyl sites for hydroxylation is 2. The van der Waals surface area contributed by atoms with Gasteiger partial charge in [0.15, 0.2) is 0 Å². The molecule has 2 aromatic carbocycles. The van der Waals surface area contributed by atoms with E-state index in [4.69, 9.17) is 4.74 Å². The van der Waals surface area contributed by atoms with Gasteiger partial charge in [0.05, 0.1) is 12.9 Å². The number of hydrogen-bond acceptors (Lipinski definition) is 4. The summed E-state index contributed by atoms with van der Waals surface area (Å²) in [5.41, 5.74) is 4.64. The quantitative estimate of drug-likeness (QED) is 0.467. The summed E-state index contributed by atoms with van der Waals surface area (Å²) in [7, 11) is 1.63. The fourth-order valence-corrected chi connectivity index (χ4v) is 4.61. The zero-order chi connectivity index (χ0) is 24.4. The van der Waals surface area contributed by atoms with Crippen LogP contribution in [0.15, 0.2) is 42.5 Å². The maximum atomic E-state index is 13.3. The van der Waals surface area contributed by atoms with Crippen LogP contribution < -0.4 is 10.1 Å². The van der Waals surface area contributed by atoms with E-state index in [9.17, 15) is 9.59 Å². The molecule has 2 rings (SSSR count). The summed E-state index contributed by atoms with van der Waals surface area (Å²) in [6, 6.07) is 13.6. The highest BCUT2D eigenvalue weighted by Crippen LogP contribution is 2.20. The first-order valence-corrected chi connectivity index (χ1v) is 12.7. The molecule has 0 radical (unpaired) electrons. The summed E-state index contributed by atoms with van der Waals surface area (Å²) in [6.07, 6.45) is 0.563. The summed E-state index contributed by atoms with van der Waals surface area (Å²) >= 11 is 1.59. The summed E-state index contributed by atoms with van der Waals surface area (Å²) in [5, 5.41) is 3.01. The van der Waals surface area contributed by atoms with Gasteiger partial charge in [0.25, 0.3) is 0 Å². The molecule has 180 valence electrons. The lowest BCUT2D eigenvalue weighted by atomic mass is 10.1. The number of hydrogen-bond donors (Lipinski definition) is 1. The Morgan fingerprint density at radius 2 is 1.67 bits per heavy atom. The number of carbonyl (C=O) groups is 2. The second-order valence-corrected chi connectivity index (χ2v) is 9.91. The van der Waals surface area contributed by atoms with Crippen molar-refractivity contribution in [3.8, 4) is 5.75 Å². The number of benzene rings is 2. The Morgan fingerprint density at radius 1 is 1.03 bits per heavy atom. The Balaban J connectivity index is 2.14. The van der Waals surface area contributed by atoms with Crippen molar-refractivity contribution in [3.05, 3.63) is 64.7 Å². The van der Waals surface area contributed by atoms with Crippen LogP contribution in [0.1, 0.15) is 49.4 Å². The lowest BCUT2D eigenvalue weighted by Crippen LogP contribution is -2.50. The van der Waals surface area contributed by atoms with Crippen molar-refractivity contribution < 1.29 is 14.3 Å². The molecule has 1 N–H and O–H groups in total. The van der Waals surface area contributed by atoms with Crippen molar-refractivity contribution in [2.45, 2.75) is 59.4 Å². The smallest absolute Gasteiger partial charge is 0.242 e. The SMILES string of the molecule is CC[C@@H](C(=O)NCC(C)C)N(Cc1ccc(OC)cc1)C(=O)CSCc1cc(C)cc(C)c1. The third-order valence-electron chi connectivity index (χ3n) is 5.36. The summed E-state index contributed by atoms with van der Waals surface area (Å²) in [5.74, 6) is 2.10. The van der Waals surface area contributed by atoms with Crippen LogP contribution in [0.3, 0.4) is 0 Å². The number of thioether (sulfide) groups is 1. The zero-order valence-corrected chi connectivity index (χ0v) is 21.6. The topological polar surface area (TPSA) is 58.6 Å². The third kappa shape index (κ3) is 8.77. The molecule has 0 heterocycles. The first kappa shape index (κ1) is 26.8. The molecule has 0 spiro atoms. The Hall–Kier alpha value is -2.47. The molecule has 6 heteroatoms. The van der Waals surface area contributed by atoms with Gasteiger partial charge in [-0.1, -0.05) is 62.2 Å². The monoisotopic (exact) mass is 470 g/mol. The largest absolute Gasteiger partial charge is 0.497 e. The number of amides is 2. The number of carbonyl (C=O) groups excluding carboxylic acids is 2. The Morgan fingerprint density at radius 3 is 2.21 bits per heavy atom. The molecule has 2 aromatic rings. The lowest BCUT2D eigenvalue weighted by molar-refractivity contribution is -0.139. The molecular weight excluding hydrogens is 432 g/mol. The molecule has 0 saturated heterocycles. The van der Waals surface area contributed by atoms with Crippen LogP contribution in [-0.4, -0.2) is 42.2 Å². The van der Waals surface area contributed by atoms with Crippen LogP contribution in [0.5, 0.6) is 5.75 Å². The predicted octanol–water partition coefficient (Wildman–Crippen LogP) is 5.12. The second kappa shape index (κ2) is 13.3. The molecule has 0 unspecified atom stereocenters. The highest BCUT2D eigenvalue weighted by Gasteiger charge is 2.28. The van der Waals surface area contributed by atoms with Gasteiger partial charge >= 0.3 is 0 Å². The fourth-order valence-electron chi connectivity index (χ4n) is 3.76. The molecule has 33 heavy (non-hydrogen) atoms. The van der Waals surface area contributed by atoms with Gasteiger partial charge in [0.2, 0.25) is 11.8 Å². The summed E-state index contributed by atoms with van der Waals surface area (Å²) in [4.78, 5) is 28.0. The van der Waals surface area contributed by atoms with E-state index in [1.165, 1.54) is 16.7 Å². The maximum Gasteiger partial charge on any atom is 0.242 e. The molecule has 0 aromatic heterocycles. The van der Waals surface area contributed by atoms with Gasteiger partial charge in [-0.05, 0) is 49.4 Å². The third-order valence-corrected chi connectivity index (χ3v) is 6.35. The van der Waals surface area contributed by atoms with E-state index in [0.717, 1.165) is 17.1 Å². The number of ether oxygens (including phenoxy) is 1. The van der Waals surface area contributed by atoms with Crippen molar-refractivity contribution >= 4 is 23.6 Å². The standard InChI is InChI=1S/C27H38N2O3S/c1-7-25(27(31)28-15-19(2)3)29(16-22-8-10-24(32-6)11-9-22)26(30)18-33-17-23-13-20(4)12-21(5)14-23/h8-14,19,25H,7,15-18H2,1-6H3,(H,28,31)/t25-/m0/s1. The van der Waals surface area contributed by atoms with Crippen LogP contribution in [0, 0.1) is 19.8 Å². The average molecular weight is 471 g/mol. The average Bonchev–Trinajstić information content (AvgIpc) is 2.77. The minimum Gasteiger partial charge on any atom is -0.497 e. The molecule has 0 fully saturated rings. The number of methoxy groups -OCH3 is 1. The normalized spacial score (nSPS) is 11.8. The highest BCUT2D eigenvalue weighted by atomic mass is 32.2. The van der Waals surface area contributed by atoms with Crippen molar-refractivity contribution in [1.82, 2.24) is 10.2 Å². The van der Waals surface area contributed by atoms with Crippen LogP contribution in [0.2, 0.25) is 0 Å². The Labute approximate surface area is 203 Å². The van der Waals surface area contributed by atoms with Gasteiger partial charge in [0.1, 0.15) is 11.8 Å². The van der Waals surface area contributed by atoms with Gasteiger partial charge in [-0.3, -0.25) is 9.59 Å². The van der Waals surface area contributed by atoms with E-state index < -0.39 is 6.04 Å². The Kier molecular flexibility index (Phi) is 10.8. The number of rotatable bonds is 12. The molecule has 2 amide bonds. The molecule has 0 aliphatic rings. The van der Waals surface area contributed by atoms with Gasteiger partial charge in [0, 0.05) is 18.8 Å². The van der Waals surface area contributed by atoms with Crippen LogP contribution in [0.25, 0.3) is 0 Å². The minimum absolute atomic E-state index is 0.0215. The molecular formula is C27H38N2O3S. The lowest BCUT2D eigenvalue weighted by Gasteiger charge is -2.31. The molecule has 0 bridgehead atoms. The fraction of sp³-hybridized carbons (Fsp3) is 0.481. The van der Waals surface area contributed by atoms with Gasteiger partial charge in [-0.25, -0.2) is 0 Å². The van der Waals surface area contributed by atoms with E-state index in [1.54, 1.807) is 23.8 Å². The molecule has 0 saturated carbocycles. The van der Waals surface area contributed by atoms with Crippen LogP contribution in [0.4, 0.5) is 0 Å². The molecule has 0 aliphatic carbocycles. The van der Waals surface area contributed by atoms with Crippen LogP contribution >= 0.6 is 11.8 Å². The first-order chi connectivity index (χ1) is 15.7. The van der Waals surface area contributed by atoms with Crippen LogP contribution in [-0.2, 0) is 21.9 Å².